The molecule has 0 saturated heterocycles. The van der Waals surface area contributed by atoms with Crippen molar-refractivity contribution in [2.24, 2.45) is 16.8 Å². The summed E-state index contributed by atoms with van der Waals surface area (Å²) in [6.45, 7) is 6.25. The van der Waals surface area contributed by atoms with Gasteiger partial charge in [0.05, 0.1) is 18.2 Å². The maximum absolute atomic E-state index is 12.8. The molecule has 0 aliphatic carbocycles. The number of benzene rings is 1. The molecule has 0 bridgehead atoms. The van der Waals surface area contributed by atoms with E-state index in [4.69, 9.17) is 16.0 Å². The predicted octanol–water partition coefficient (Wildman–Crippen LogP) is 2.47. The van der Waals surface area contributed by atoms with Gasteiger partial charge < -0.3 is 26.4 Å². The molecule has 3 amide bonds. The van der Waals surface area contributed by atoms with Crippen molar-refractivity contribution in [1.82, 2.24) is 16.0 Å². The number of primary amides is 1. The number of nitrogens with one attached hydrogen (secondary N) is 3. The lowest BCUT2D eigenvalue weighted by Crippen LogP contribution is -2.51. The lowest BCUT2D eigenvalue weighted by atomic mass is 10.0. The molecule has 0 spiro atoms. The van der Waals surface area contributed by atoms with E-state index < -0.39 is 23.9 Å². The van der Waals surface area contributed by atoms with Gasteiger partial charge in [-0.3, -0.25) is 19.2 Å². The van der Waals surface area contributed by atoms with E-state index in [9.17, 15) is 19.2 Å². The average Bonchev–Trinajstić information content (AvgIpc) is 2.85. The molecule has 1 aromatic carbocycles. The summed E-state index contributed by atoms with van der Waals surface area (Å²) in [6.07, 6.45) is 2.53. The van der Waals surface area contributed by atoms with Gasteiger partial charge in [-0.05, 0) is 75.7 Å². The Morgan fingerprint density at radius 2 is 1.86 bits per heavy atom. The molecule has 0 aliphatic rings. The second kappa shape index (κ2) is 16.9. The van der Waals surface area contributed by atoms with Gasteiger partial charge in [0.2, 0.25) is 11.8 Å². The van der Waals surface area contributed by atoms with Crippen molar-refractivity contribution < 1.29 is 23.9 Å². The number of ketones is 1. The van der Waals surface area contributed by atoms with Crippen LogP contribution >= 0.6 is 0 Å². The van der Waals surface area contributed by atoms with Gasteiger partial charge in [0, 0.05) is 23.6 Å². The summed E-state index contributed by atoms with van der Waals surface area (Å²) in [5.41, 5.74) is 14.4. The van der Waals surface area contributed by atoms with Gasteiger partial charge in [-0.2, -0.15) is 0 Å². The van der Waals surface area contributed by atoms with Crippen molar-refractivity contribution in [3.63, 3.8) is 0 Å². The Labute approximate surface area is 217 Å². The normalized spacial score (nSPS) is 12.2. The number of unbranched alkanes of at least 4 members (excludes halogenated alkanes) is 1. The van der Waals surface area contributed by atoms with Gasteiger partial charge in [-0.15, -0.1) is 0 Å². The SMILES string of the molecule is CN[C@@H](CC(C)C)C(=O)N[C@@H](CCCCNC(=O)c1cc(C(C)=O)ccc1OCCCN=[N+]=[N-])C(N)=O. The van der Waals surface area contributed by atoms with E-state index in [2.05, 4.69) is 26.0 Å². The Hall–Kier alpha value is -3.63. The van der Waals surface area contributed by atoms with E-state index >= 15 is 0 Å². The van der Waals surface area contributed by atoms with Crippen LogP contribution < -0.4 is 26.4 Å². The molecule has 0 radical (unpaired) electrons. The molecular weight excluding hydrogens is 478 g/mol. The summed E-state index contributed by atoms with van der Waals surface area (Å²) in [5.74, 6) is -0.847. The van der Waals surface area contributed by atoms with Gasteiger partial charge in [0.1, 0.15) is 11.8 Å². The Balaban J connectivity index is 2.65. The first-order chi connectivity index (χ1) is 17.6. The fraction of sp³-hybridized carbons (Fsp3) is 0.600. The number of ether oxygens (including phenoxy) is 1. The number of amides is 3. The standard InChI is InChI=1S/C25H39N7O5/c1-16(2)14-21(28-4)25(36)31-20(23(26)34)8-5-6-11-29-24(35)19-15-18(17(3)33)9-10-22(19)37-13-7-12-30-32-27/h9-10,15-16,20-21,28H,5-8,11-14H2,1-4H3,(H2,26,34)(H,29,35)(H,31,36)/t20-,21-/m0/s1. The fourth-order valence-electron chi connectivity index (χ4n) is 3.57. The number of azide groups is 1. The molecule has 0 fully saturated rings. The molecular formula is C25H39N7O5. The minimum absolute atomic E-state index is 0.183. The van der Waals surface area contributed by atoms with Crippen LogP contribution in [0.25, 0.3) is 10.4 Å². The number of nitrogens with zero attached hydrogens (tertiary/aromatic N) is 3. The topological polar surface area (TPSA) is 188 Å². The number of hydrogen-bond donors (Lipinski definition) is 4. The lowest BCUT2D eigenvalue weighted by Gasteiger charge is -2.21. The summed E-state index contributed by atoms with van der Waals surface area (Å²) in [7, 11) is 1.69. The summed E-state index contributed by atoms with van der Waals surface area (Å²) in [4.78, 5) is 51.6. The van der Waals surface area contributed by atoms with Crippen LogP contribution in [0.3, 0.4) is 0 Å². The van der Waals surface area contributed by atoms with Gasteiger partial charge in [-0.1, -0.05) is 19.0 Å². The highest BCUT2D eigenvalue weighted by atomic mass is 16.5. The largest absolute Gasteiger partial charge is 0.493 e. The van der Waals surface area contributed by atoms with E-state index in [1.165, 1.54) is 13.0 Å². The first-order valence-electron chi connectivity index (χ1n) is 12.4. The van der Waals surface area contributed by atoms with E-state index in [1.54, 1.807) is 19.2 Å². The summed E-state index contributed by atoms with van der Waals surface area (Å²) >= 11 is 0. The van der Waals surface area contributed by atoms with E-state index in [-0.39, 0.29) is 30.4 Å². The zero-order chi connectivity index (χ0) is 27.8. The second-order valence-electron chi connectivity index (χ2n) is 9.11. The number of Topliss-reactive ketones (excluding diaryl/α,β-unsaturated/α-hetero) is 1. The third kappa shape index (κ3) is 11.8. The number of carbonyl (C=O) groups is 4. The molecule has 12 heteroatoms. The average molecular weight is 518 g/mol. The molecule has 0 heterocycles. The Bertz CT molecular complexity index is 976. The monoisotopic (exact) mass is 517 g/mol. The van der Waals surface area contributed by atoms with Gasteiger partial charge in [0.15, 0.2) is 5.78 Å². The third-order valence-corrected chi connectivity index (χ3v) is 5.59. The molecule has 0 aliphatic heterocycles. The molecule has 204 valence electrons. The smallest absolute Gasteiger partial charge is 0.255 e. The number of nitrogens with two attached hydrogens (primary N) is 1. The number of carbonyl (C=O) groups excluding carboxylic acids is 4. The van der Waals surface area contributed by atoms with E-state index in [0.29, 0.717) is 55.9 Å². The van der Waals surface area contributed by atoms with Crippen LogP contribution in [0.15, 0.2) is 23.3 Å². The van der Waals surface area contributed by atoms with E-state index in [0.717, 1.165) is 0 Å². The zero-order valence-electron chi connectivity index (χ0n) is 22.1. The van der Waals surface area contributed by atoms with Crippen LogP contribution in [-0.2, 0) is 9.59 Å². The maximum Gasteiger partial charge on any atom is 0.255 e. The molecule has 2 atom stereocenters. The van der Waals surface area contributed by atoms with Crippen LogP contribution in [0.1, 0.15) is 73.6 Å². The number of hydrogen-bond acceptors (Lipinski definition) is 7. The molecule has 1 rings (SSSR count). The van der Waals surface area contributed by atoms with Crippen molar-refractivity contribution in [2.75, 3.05) is 26.7 Å². The van der Waals surface area contributed by atoms with Gasteiger partial charge in [-0.25, -0.2) is 0 Å². The van der Waals surface area contributed by atoms with Crippen LogP contribution in [0, 0.1) is 5.92 Å². The highest BCUT2D eigenvalue weighted by Crippen LogP contribution is 2.21. The van der Waals surface area contributed by atoms with E-state index in [1.807, 2.05) is 13.8 Å². The minimum Gasteiger partial charge on any atom is -0.493 e. The first kappa shape index (κ1) is 31.4. The fourth-order valence-corrected chi connectivity index (χ4v) is 3.57. The van der Waals surface area contributed by atoms with Crippen molar-refractivity contribution in [1.29, 1.82) is 0 Å². The van der Waals surface area contributed by atoms with Crippen LogP contribution in [0.2, 0.25) is 0 Å². The Morgan fingerprint density at radius 1 is 1.14 bits per heavy atom. The van der Waals surface area contributed by atoms with Crippen molar-refractivity contribution in [3.05, 3.63) is 39.8 Å². The zero-order valence-corrected chi connectivity index (χ0v) is 22.1. The highest BCUT2D eigenvalue weighted by Gasteiger charge is 2.23. The molecule has 0 saturated carbocycles. The molecule has 5 N–H and O–H groups in total. The highest BCUT2D eigenvalue weighted by molar-refractivity contribution is 6.01. The molecule has 12 nitrogen and oxygen atoms in total. The Kier molecular flexibility index (Phi) is 14.4. The number of likely N-dealkylation sites (N-methyl/N-ethyl adjacent to an activating group) is 1. The summed E-state index contributed by atoms with van der Waals surface area (Å²) in [6, 6.07) is 3.41. The summed E-state index contributed by atoms with van der Waals surface area (Å²) in [5, 5.41) is 11.9. The molecule has 1 aromatic rings. The second-order valence-corrected chi connectivity index (χ2v) is 9.11. The molecule has 0 aromatic heterocycles. The quantitative estimate of drug-likeness (QED) is 0.0760. The predicted molar refractivity (Wildman–Crippen MR) is 140 cm³/mol. The van der Waals surface area contributed by atoms with Crippen LogP contribution in [-0.4, -0.2) is 62.3 Å². The molecule has 0 unspecified atom stereocenters. The third-order valence-electron chi connectivity index (χ3n) is 5.59. The Morgan fingerprint density at radius 3 is 2.46 bits per heavy atom. The maximum atomic E-state index is 12.8. The first-order valence-corrected chi connectivity index (χ1v) is 12.4. The van der Waals surface area contributed by atoms with Gasteiger partial charge in [0.25, 0.3) is 5.91 Å². The lowest BCUT2D eigenvalue weighted by molar-refractivity contribution is -0.129. The number of rotatable bonds is 18. The van der Waals surface area contributed by atoms with Crippen LogP contribution in [0.4, 0.5) is 0 Å². The van der Waals surface area contributed by atoms with Crippen LogP contribution in [0.5, 0.6) is 5.75 Å². The van der Waals surface area contributed by atoms with Crippen molar-refractivity contribution in [3.8, 4) is 5.75 Å². The minimum atomic E-state index is -0.802. The van der Waals surface area contributed by atoms with Crippen molar-refractivity contribution in [2.45, 2.75) is 65.0 Å². The summed E-state index contributed by atoms with van der Waals surface area (Å²) < 4.78 is 5.66. The van der Waals surface area contributed by atoms with Gasteiger partial charge >= 0.3 is 0 Å². The van der Waals surface area contributed by atoms with Crippen molar-refractivity contribution >= 4 is 23.5 Å². The molecule has 37 heavy (non-hydrogen) atoms.